The van der Waals surface area contributed by atoms with Crippen molar-refractivity contribution in [2.45, 2.75) is 49.3 Å². The van der Waals surface area contributed by atoms with E-state index in [4.69, 9.17) is 0 Å². The van der Waals surface area contributed by atoms with Crippen molar-refractivity contribution in [3.8, 4) is 0 Å². The van der Waals surface area contributed by atoms with Gasteiger partial charge in [0.05, 0.1) is 6.33 Å². The summed E-state index contributed by atoms with van der Waals surface area (Å²) in [5.41, 5.74) is 1.73. The molecule has 1 N–H and O–H groups in total. The van der Waals surface area contributed by atoms with E-state index < -0.39 is 0 Å². The molecule has 3 nitrogen and oxygen atoms in total. The fourth-order valence-corrected chi connectivity index (χ4v) is 4.27. The molecule has 1 aromatic heterocycles. The number of nitrogens with zero attached hydrogens (tertiary/aromatic N) is 2. The van der Waals surface area contributed by atoms with Gasteiger partial charge < -0.3 is 9.88 Å². The van der Waals surface area contributed by atoms with Crippen LogP contribution < -0.4 is 5.32 Å². The third-order valence-corrected chi connectivity index (χ3v) is 5.83. The van der Waals surface area contributed by atoms with E-state index in [0.29, 0.717) is 6.04 Å². The largest absolute Gasteiger partial charge is 0.331 e. The van der Waals surface area contributed by atoms with Gasteiger partial charge in [0, 0.05) is 35.1 Å². The molecule has 4 heteroatoms. The van der Waals surface area contributed by atoms with Crippen LogP contribution in [-0.2, 0) is 5.41 Å². The number of imidazole rings is 1. The smallest absolute Gasteiger partial charge is 0.0950 e. The molecule has 2 aliphatic rings. The van der Waals surface area contributed by atoms with Crippen molar-refractivity contribution in [2.75, 3.05) is 19.3 Å². The Hall–Kier alpha value is -0.480. The minimum atomic E-state index is 0.286. The maximum atomic E-state index is 4.44. The van der Waals surface area contributed by atoms with Crippen LogP contribution in [0.2, 0.25) is 0 Å². The summed E-state index contributed by atoms with van der Waals surface area (Å²) >= 11 is 2.02. The summed E-state index contributed by atoms with van der Waals surface area (Å²) in [6.45, 7) is 4.61. The molecule has 2 fully saturated rings. The van der Waals surface area contributed by atoms with Crippen LogP contribution in [0.4, 0.5) is 0 Å². The van der Waals surface area contributed by atoms with Crippen LogP contribution in [-0.4, -0.2) is 34.1 Å². The second-order valence-corrected chi connectivity index (χ2v) is 7.14. The highest BCUT2D eigenvalue weighted by molar-refractivity contribution is 7.99. The van der Waals surface area contributed by atoms with Crippen LogP contribution in [0.5, 0.6) is 0 Å². The normalized spacial score (nSPS) is 36.3. The van der Waals surface area contributed by atoms with Gasteiger partial charge in [-0.05, 0) is 38.5 Å². The molecule has 1 saturated heterocycles. The first-order valence-electron chi connectivity index (χ1n) is 6.99. The first kappa shape index (κ1) is 12.5. The van der Waals surface area contributed by atoms with E-state index in [1.165, 1.54) is 31.4 Å². The molecule has 0 radical (unpaired) electrons. The number of hydrogen-bond donors (Lipinski definition) is 1. The Morgan fingerprint density at radius 2 is 2.39 bits per heavy atom. The molecule has 0 amide bonds. The lowest BCUT2D eigenvalue weighted by Gasteiger charge is -2.27. The number of nitrogens with one attached hydrogen (secondary N) is 1. The monoisotopic (exact) mass is 265 g/mol. The summed E-state index contributed by atoms with van der Waals surface area (Å²) in [5, 5.41) is 4.34. The van der Waals surface area contributed by atoms with Gasteiger partial charge in [-0.3, -0.25) is 0 Å². The molecule has 1 saturated carbocycles. The quantitative estimate of drug-likeness (QED) is 0.911. The lowest BCUT2D eigenvalue weighted by atomic mass is 9.86. The first-order valence-corrected chi connectivity index (χ1v) is 8.27. The fraction of sp³-hybridized carbons (Fsp3) is 0.786. The second kappa shape index (κ2) is 4.89. The van der Waals surface area contributed by atoms with Crippen LogP contribution in [0.3, 0.4) is 0 Å². The van der Waals surface area contributed by atoms with Crippen molar-refractivity contribution in [3.63, 3.8) is 0 Å². The van der Waals surface area contributed by atoms with E-state index in [0.717, 1.165) is 18.3 Å². The average Bonchev–Trinajstić information content (AvgIpc) is 3.08. The molecule has 1 aliphatic heterocycles. The lowest BCUT2D eigenvalue weighted by Crippen LogP contribution is -2.29. The van der Waals surface area contributed by atoms with Gasteiger partial charge in [-0.2, -0.15) is 11.8 Å². The predicted octanol–water partition coefficient (Wildman–Crippen LogP) is 2.59. The molecule has 3 rings (SSSR count). The Balaban J connectivity index is 1.83. The van der Waals surface area contributed by atoms with Crippen molar-refractivity contribution in [1.29, 1.82) is 0 Å². The van der Waals surface area contributed by atoms with Crippen LogP contribution >= 0.6 is 11.8 Å². The van der Waals surface area contributed by atoms with Crippen molar-refractivity contribution < 1.29 is 0 Å². The molecule has 3 atom stereocenters. The highest BCUT2D eigenvalue weighted by Gasteiger charge is 2.36. The fourth-order valence-electron chi connectivity index (χ4n) is 3.48. The van der Waals surface area contributed by atoms with E-state index >= 15 is 0 Å². The van der Waals surface area contributed by atoms with Gasteiger partial charge in [-0.25, -0.2) is 4.98 Å². The van der Waals surface area contributed by atoms with Gasteiger partial charge in [-0.15, -0.1) is 0 Å². The highest BCUT2D eigenvalue weighted by atomic mass is 32.2. The predicted molar refractivity (Wildman–Crippen MR) is 77.3 cm³/mol. The van der Waals surface area contributed by atoms with E-state index in [2.05, 4.69) is 40.6 Å². The summed E-state index contributed by atoms with van der Waals surface area (Å²) < 4.78 is 2.48. The Labute approximate surface area is 114 Å². The van der Waals surface area contributed by atoms with E-state index in [1.54, 1.807) is 0 Å². The summed E-state index contributed by atoms with van der Waals surface area (Å²) in [4.78, 5) is 4.44. The molecular weight excluding hydrogens is 242 g/mol. The zero-order chi connectivity index (χ0) is 12.6. The van der Waals surface area contributed by atoms with Crippen molar-refractivity contribution in [1.82, 2.24) is 14.9 Å². The van der Waals surface area contributed by atoms with Gasteiger partial charge in [0.25, 0.3) is 0 Å². The molecular formula is C14H23N3S. The minimum Gasteiger partial charge on any atom is -0.331 e. The van der Waals surface area contributed by atoms with Gasteiger partial charge in [0.1, 0.15) is 0 Å². The number of aromatic nitrogens is 2. The molecule has 100 valence electrons. The zero-order valence-corrected chi connectivity index (χ0v) is 12.2. The van der Waals surface area contributed by atoms with Crippen LogP contribution in [0.25, 0.3) is 0 Å². The van der Waals surface area contributed by atoms with Crippen LogP contribution in [0.1, 0.15) is 44.3 Å². The Morgan fingerprint density at radius 3 is 3.06 bits per heavy atom. The second-order valence-electron chi connectivity index (χ2n) is 6.00. The molecule has 1 aromatic rings. The number of hydrogen-bond acceptors (Lipinski definition) is 3. The van der Waals surface area contributed by atoms with Gasteiger partial charge in [-0.1, -0.05) is 6.92 Å². The minimum absolute atomic E-state index is 0.286. The third-order valence-electron chi connectivity index (χ3n) is 4.74. The molecule has 0 spiro atoms. The number of rotatable bonds is 3. The Bertz CT molecular complexity index is 409. The summed E-state index contributed by atoms with van der Waals surface area (Å²) in [7, 11) is 0. The van der Waals surface area contributed by atoms with Gasteiger partial charge in [0.15, 0.2) is 0 Å². The van der Waals surface area contributed by atoms with E-state index in [9.17, 15) is 0 Å². The van der Waals surface area contributed by atoms with Crippen LogP contribution in [0, 0.1) is 0 Å². The molecule has 1 aliphatic carbocycles. The van der Waals surface area contributed by atoms with Crippen LogP contribution in [0.15, 0.2) is 12.5 Å². The Morgan fingerprint density at radius 1 is 1.50 bits per heavy atom. The topological polar surface area (TPSA) is 29.9 Å². The maximum Gasteiger partial charge on any atom is 0.0950 e. The molecule has 0 bridgehead atoms. The summed E-state index contributed by atoms with van der Waals surface area (Å²) in [6.07, 6.45) is 11.6. The highest BCUT2D eigenvalue weighted by Crippen LogP contribution is 2.39. The van der Waals surface area contributed by atoms with Gasteiger partial charge >= 0.3 is 0 Å². The van der Waals surface area contributed by atoms with Crippen molar-refractivity contribution >= 4 is 11.8 Å². The van der Waals surface area contributed by atoms with E-state index in [-0.39, 0.29) is 5.41 Å². The van der Waals surface area contributed by atoms with E-state index in [1.807, 2.05) is 11.8 Å². The maximum absolute atomic E-state index is 4.44. The SMILES string of the molecule is CSC1CCC(n2cncc2C2(C)CCNC2)C1. The first-order chi connectivity index (χ1) is 8.73. The van der Waals surface area contributed by atoms with Crippen molar-refractivity contribution in [2.24, 2.45) is 0 Å². The Kier molecular flexibility index (Phi) is 3.41. The molecule has 18 heavy (non-hydrogen) atoms. The van der Waals surface area contributed by atoms with Gasteiger partial charge in [0.2, 0.25) is 0 Å². The molecule has 3 unspecified atom stereocenters. The summed E-state index contributed by atoms with van der Waals surface area (Å²) in [5.74, 6) is 0. The molecule has 0 aromatic carbocycles. The third kappa shape index (κ3) is 2.10. The summed E-state index contributed by atoms with van der Waals surface area (Å²) in [6, 6.07) is 0.678. The average molecular weight is 265 g/mol. The standard InChI is InChI=1S/C14H23N3S/c1-14(5-6-15-9-14)13-8-16-10-17(13)11-3-4-12(7-11)18-2/h8,10-12,15H,3-7,9H2,1-2H3. The number of thioether (sulfide) groups is 1. The zero-order valence-electron chi connectivity index (χ0n) is 11.4. The van der Waals surface area contributed by atoms with Crippen molar-refractivity contribution in [3.05, 3.63) is 18.2 Å². The molecule has 2 heterocycles. The lowest BCUT2D eigenvalue weighted by molar-refractivity contribution is 0.426.